The summed E-state index contributed by atoms with van der Waals surface area (Å²) in [4.78, 5) is 28.4. The first-order valence-electron chi connectivity index (χ1n) is 10.3. The van der Waals surface area contributed by atoms with Gasteiger partial charge in [0.05, 0.1) is 12.1 Å². The third-order valence-electron chi connectivity index (χ3n) is 5.84. The zero-order chi connectivity index (χ0) is 21.1. The molecule has 1 heterocycles. The molecule has 0 bridgehead atoms. The molecule has 0 unspecified atom stereocenters. The Morgan fingerprint density at radius 1 is 0.900 bits per heavy atom. The molecule has 1 aliphatic heterocycles. The van der Waals surface area contributed by atoms with Crippen LogP contribution in [0.4, 0.5) is 10.5 Å². The van der Waals surface area contributed by atoms with E-state index in [0.29, 0.717) is 6.42 Å². The van der Waals surface area contributed by atoms with E-state index in [-0.39, 0.29) is 29.8 Å². The molecule has 2 amide bonds. The minimum Gasteiger partial charge on any atom is -0.309 e. The van der Waals surface area contributed by atoms with Gasteiger partial charge < -0.3 is 10.2 Å². The van der Waals surface area contributed by atoms with E-state index in [2.05, 4.69) is 5.32 Å². The van der Waals surface area contributed by atoms with E-state index in [1.165, 1.54) is 0 Å². The van der Waals surface area contributed by atoms with Crippen LogP contribution in [0.1, 0.15) is 42.1 Å². The number of nitrogens with one attached hydrogen (secondary N) is 1. The summed E-state index contributed by atoms with van der Waals surface area (Å²) >= 11 is 0. The standard InChI is InChI=1S/C26H26N2O2/c1-18-10-9-15-22(16-18)27-26(30)28-23(20-11-5-3-6-12-20)17-24(29)19(2)25(28)21-13-7-4-8-14-21/h3-16,19,23,25H,17H2,1-2H3,(H,27,30)/t19-,23+,25+/m1/s1. The van der Waals surface area contributed by atoms with E-state index in [4.69, 9.17) is 0 Å². The summed E-state index contributed by atoms with van der Waals surface area (Å²) in [6.45, 7) is 3.92. The van der Waals surface area contributed by atoms with Crippen molar-refractivity contribution < 1.29 is 9.59 Å². The Labute approximate surface area is 177 Å². The number of amides is 2. The van der Waals surface area contributed by atoms with E-state index in [1.54, 1.807) is 0 Å². The van der Waals surface area contributed by atoms with Crippen molar-refractivity contribution in [1.82, 2.24) is 4.90 Å². The summed E-state index contributed by atoms with van der Waals surface area (Å²) in [5.41, 5.74) is 3.77. The number of carbonyl (C=O) groups excluding carboxylic acids is 2. The minimum absolute atomic E-state index is 0.178. The van der Waals surface area contributed by atoms with Gasteiger partial charge in [-0.1, -0.05) is 79.7 Å². The molecule has 0 saturated carbocycles. The molecule has 3 aromatic rings. The number of benzene rings is 3. The summed E-state index contributed by atoms with van der Waals surface area (Å²) in [7, 11) is 0. The van der Waals surface area contributed by atoms with Crippen LogP contribution in [0.15, 0.2) is 84.9 Å². The van der Waals surface area contributed by atoms with Gasteiger partial charge in [0, 0.05) is 18.0 Å². The van der Waals surface area contributed by atoms with Crippen LogP contribution in [0.2, 0.25) is 0 Å². The number of likely N-dealkylation sites (tertiary alicyclic amines) is 1. The highest BCUT2D eigenvalue weighted by atomic mass is 16.2. The molecule has 0 aliphatic carbocycles. The number of carbonyl (C=O) groups is 2. The monoisotopic (exact) mass is 398 g/mol. The van der Waals surface area contributed by atoms with Crippen LogP contribution in [0.25, 0.3) is 0 Å². The quantitative estimate of drug-likeness (QED) is 0.595. The van der Waals surface area contributed by atoms with Crippen LogP contribution in [0, 0.1) is 12.8 Å². The van der Waals surface area contributed by atoms with Gasteiger partial charge in [-0.05, 0) is 35.7 Å². The van der Waals surface area contributed by atoms with Crippen molar-refractivity contribution in [2.24, 2.45) is 5.92 Å². The Hall–Kier alpha value is -3.40. The lowest BCUT2D eigenvalue weighted by atomic mass is 9.80. The van der Waals surface area contributed by atoms with E-state index >= 15 is 0 Å². The van der Waals surface area contributed by atoms with E-state index < -0.39 is 0 Å². The van der Waals surface area contributed by atoms with Gasteiger partial charge in [-0.25, -0.2) is 4.79 Å². The highest BCUT2D eigenvalue weighted by molar-refractivity contribution is 5.93. The van der Waals surface area contributed by atoms with Crippen LogP contribution in [0.5, 0.6) is 0 Å². The van der Waals surface area contributed by atoms with Gasteiger partial charge in [0.25, 0.3) is 0 Å². The second kappa shape index (κ2) is 8.54. The number of ketones is 1. The molecule has 1 saturated heterocycles. The van der Waals surface area contributed by atoms with Crippen molar-refractivity contribution in [3.63, 3.8) is 0 Å². The number of nitrogens with zero attached hydrogens (tertiary/aromatic N) is 1. The number of urea groups is 1. The fourth-order valence-electron chi connectivity index (χ4n) is 4.32. The fraction of sp³-hybridized carbons (Fsp3) is 0.231. The van der Waals surface area contributed by atoms with Gasteiger partial charge in [-0.2, -0.15) is 0 Å². The van der Waals surface area contributed by atoms with Crippen molar-refractivity contribution in [2.45, 2.75) is 32.4 Å². The molecule has 3 atom stereocenters. The molecule has 1 N–H and O–H groups in total. The molecule has 1 aliphatic rings. The lowest BCUT2D eigenvalue weighted by Gasteiger charge is -2.45. The Balaban J connectivity index is 1.77. The molecular formula is C26H26N2O2. The number of rotatable bonds is 3. The predicted octanol–water partition coefficient (Wildman–Crippen LogP) is 5.92. The molecule has 4 nitrogen and oxygen atoms in total. The summed E-state index contributed by atoms with van der Waals surface area (Å²) in [5, 5.41) is 3.06. The summed E-state index contributed by atoms with van der Waals surface area (Å²) < 4.78 is 0. The third kappa shape index (κ3) is 3.99. The first-order chi connectivity index (χ1) is 14.5. The smallest absolute Gasteiger partial charge is 0.309 e. The Kier molecular flexibility index (Phi) is 5.66. The van der Waals surface area contributed by atoms with Gasteiger partial charge >= 0.3 is 6.03 Å². The SMILES string of the molecule is Cc1cccc(NC(=O)N2[C@H](c3ccccc3)[C@H](C)C(=O)C[C@H]2c2ccccc2)c1. The second-order valence-corrected chi connectivity index (χ2v) is 7.95. The summed E-state index contributed by atoms with van der Waals surface area (Å²) in [6.07, 6.45) is 0.315. The first kappa shape index (κ1) is 19.9. The molecule has 4 rings (SSSR count). The normalized spacial score (nSPS) is 21.3. The Bertz CT molecular complexity index is 1030. The lowest BCUT2D eigenvalue weighted by Crippen LogP contribution is -2.49. The van der Waals surface area contributed by atoms with Gasteiger partial charge in [-0.3, -0.25) is 4.79 Å². The molecule has 4 heteroatoms. The average Bonchev–Trinajstić information content (AvgIpc) is 2.76. The maximum absolute atomic E-state index is 13.6. The number of hydrogen-bond donors (Lipinski definition) is 1. The zero-order valence-corrected chi connectivity index (χ0v) is 17.3. The van der Waals surface area contributed by atoms with Gasteiger partial charge in [0.2, 0.25) is 0 Å². The van der Waals surface area contributed by atoms with E-state index in [9.17, 15) is 9.59 Å². The lowest BCUT2D eigenvalue weighted by molar-refractivity contribution is -0.129. The van der Waals surface area contributed by atoms with Crippen LogP contribution < -0.4 is 5.32 Å². The van der Waals surface area contributed by atoms with E-state index in [0.717, 1.165) is 22.4 Å². The topological polar surface area (TPSA) is 49.4 Å². The minimum atomic E-state index is -0.331. The van der Waals surface area contributed by atoms with Gasteiger partial charge in [0.1, 0.15) is 5.78 Å². The van der Waals surface area contributed by atoms with Crippen molar-refractivity contribution in [2.75, 3.05) is 5.32 Å². The molecule has 152 valence electrons. The van der Waals surface area contributed by atoms with E-state index in [1.807, 2.05) is 104 Å². The maximum atomic E-state index is 13.6. The zero-order valence-electron chi connectivity index (χ0n) is 17.3. The predicted molar refractivity (Wildman–Crippen MR) is 119 cm³/mol. The van der Waals surface area contributed by atoms with Crippen LogP contribution in [-0.4, -0.2) is 16.7 Å². The van der Waals surface area contributed by atoms with Gasteiger partial charge in [0.15, 0.2) is 0 Å². The number of anilines is 1. The van der Waals surface area contributed by atoms with Crippen molar-refractivity contribution in [3.8, 4) is 0 Å². The third-order valence-corrected chi connectivity index (χ3v) is 5.84. The molecule has 30 heavy (non-hydrogen) atoms. The van der Waals surface area contributed by atoms with Crippen molar-refractivity contribution >= 4 is 17.5 Å². The molecule has 0 spiro atoms. The highest BCUT2D eigenvalue weighted by Gasteiger charge is 2.44. The van der Waals surface area contributed by atoms with Gasteiger partial charge in [-0.15, -0.1) is 0 Å². The number of aryl methyl sites for hydroxylation is 1. The van der Waals surface area contributed by atoms with Crippen LogP contribution in [0.3, 0.4) is 0 Å². The van der Waals surface area contributed by atoms with Crippen molar-refractivity contribution in [1.29, 1.82) is 0 Å². The average molecular weight is 399 g/mol. The molecule has 0 aromatic heterocycles. The molecular weight excluding hydrogens is 372 g/mol. The number of hydrogen-bond acceptors (Lipinski definition) is 2. The summed E-state index contributed by atoms with van der Waals surface area (Å²) in [5.74, 6) is -0.104. The molecule has 0 radical (unpaired) electrons. The molecule has 3 aromatic carbocycles. The largest absolute Gasteiger partial charge is 0.322 e. The Morgan fingerprint density at radius 2 is 1.53 bits per heavy atom. The summed E-state index contributed by atoms with van der Waals surface area (Å²) in [6, 6.07) is 26.6. The Morgan fingerprint density at radius 3 is 2.17 bits per heavy atom. The fourth-order valence-corrected chi connectivity index (χ4v) is 4.32. The second-order valence-electron chi connectivity index (χ2n) is 7.95. The number of Topliss-reactive ketones (excluding diaryl/α,β-unsaturated/α-hetero) is 1. The number of piperidine rings is 1. The maximum Gasteiger partial charge on any atom is 0.322 e. The van der Waals surface area contributed by atoms with Crippen LogP contribution in [-0.2, 0) is 4.79 Å². The molecule has 1 fully saturated rings. The van der Waals surface area contributed by atoms with Crippen molar-refractivity contribution in [3.05, 3.63) is 102 Å². The highest BCUT2D eigenvalue weighted by Crippen LogP contribution is 2.43. The van der Waals surface area contributed by atoms with Crippen LogP contribution >= 0.6 is 0 Å². The first-order valence-corrected chi connectivity index (χ1v) is 10.3.